The van der Waals surface area contributed by atoms with Gasteiger partial charge in [-0.2, -0.15) is 0 Å². The van der Waals surface area contributed by atoms with Crippen LogP contribution >= 0.6 is 0 Å². The molecule has 1 atom stereocenters. The molecule has 7 heteroatoms. The highest BCUT2D eigenvalue weighted by atomic mass is 16.4. The van der Waals surface area contributed by atoms with Crippen molar-refractivity contribution >= 4 is 35.4 Å². The first-order chi connectivity index (χ1) is 12.6. The van der Waals surface area contributed by atoms with E-state index in [0.717, 1.165) is 16.9 Å². The molecule has 126 valence electrons. The number of benzene rings is 2. The van der Waals surface area contributed by atoms with Gasteiger partial charge in [-0.1, -0.05) is 30.3 Å². The van der Waals surface area contributed by atoms with Crippen LogP contribution < -0.4 is 0 Å². The number of carbonyl (C=O) groups is 1. The van der Waals surface area contributed by atoms with Gasteiger partial charge in [-0.15, -0.1) is 0 Å². The average molecular weight is 344 g/mol. The molecule has 0 aliphatic carbocycles. The van der Waals surface area contributed by atoms with E-state index in [4.69, 9.17) is 5.11 Å². The minimum atomic E-state index is -1.74. The Kier molecular flexibility index (Phi) is 2.81. The molecule has 0 spiro atoms. The van der Waals surface area contributed by atoms with Gasteiger partial charge < -0.3 is 10.2 Å². The van der Waals surface area contributed by atoms with Crippen molar-refractivity contribution in [1.82, 2.24) is 4.90 Å². The van der Waals surface area contributed by atoms with E-state index in [1.807, 2.05) is 30.3 Å². The van der Waals surface area contributed by atoms with E-state index in [2.05, 4.69) is 15.0 Å². The van der Waals surface area contributed by atoms with Gasteiger partial charge in [0.15, 0.2) is 5.84 Å². The van der Waals surface area contributed by atoms with Gasteiger partial charge in [0, 0.05) is 17.3 Å². The molecular weight excluding hydrogens is 332 g/mol. The van der Waals surface area contributed by atoms with E-state index >= 15 is 0 Å². The standard InChI is InChI=1S/C19H12N4O3/c24-16(25)11-5-7-12(8-6-11)19(26)17-21-14-4-2-1-3-13(14)15-9-10-20-18(22-19)23(15)17/h1-10,26H,(H,24,25). The Morgan fingerprint density at radius 1 is 1.08 bits per heavy atom. The second kappa shape index (κ2) is 4.96. The van der Waals surface area contributed by atoms with Crippen molar-refractivity contribution < 1.29 is 15.0 Å². The van der Waals surface area contributed by atoms with E-state index in [-0.39, 0.29) is 5.56 Å². The molecule has 3 aliphatic heterocycles. The van der Waals surface area contributed by atoms with Crippen molar-refractivity contribution in [3.63, 3.8) is 0 Å². The van der Waals surface area contributed by atoms with E-state index in [9.17, 15) is 9.90 Å². The molecule has 7 nitrogen and oxygen atoms in total. The molecule has 3 aliphatic rings. The number of rotatable bonds is 2. The Bertz CT molecular complexity index is 1080. The van der Waals surface area contributed by atoms with Crippen LogP contribution in [0.1, 0.15) is 21.5 Å². The van der Waals surface area contributed by atoms with Crippen LogP contribution in [0.15, 0.2) is 69.6 Å². The zero-order chi connectivity index (χ0) is 17.9. The normalized spacial score (nSPS) is 22.2. The molecule has 1 unspecified atom stereocenters. The first kappa shape index (κ1) is 14.7. The Balaban J connectivity index is 1.71. The van der Waals surface area contributed by atoms with Crippen LogP contribution in [0, 0.1) is 0 Å². The van der Waals surface area contributed by atoms with Crippen molar-refractivity contribution in [2.24, 2.45) is 15.0 Å². The summed E-state index contributed by atoms with van der Waals surface area (Å²) in [6, 6.07) is 13.6. The zero-order valence-corrected chi connectivity index (χ0v) is 13.4. The van der Waals surface area contributed by atoms with Crippen molar-refractivity contribution in [2.75, 3.05) is 0 Å². The van der Waals surface area contributed by atoms with E-state index in [1.54, 1.807) is 23.2 Å². The SMILES string of the molecule is O=C(O)c1ccc(C2(O)N=C3N=CC=C4c5ccccc5N=C2N43)cc1. The summed E-state index contributed by atoms with van der Waals surface area (Å²) in [5.74, 6) is -0.351. The van der Waals surface area contributed by atoms with Crippen LogP contribution in [0.5, 0.6) is 0 Å². The van der Waals surface area contributed by atoms with Gasteiger partial charge in [-0.05, 0) is 24.3 Å². The molecule has 0 fully saturated rings. The summed E-state index contributed by atoms with van der Waals surface area (Å²) in [6.45, 7) is 0. The number of hydrogen-bond donors (Lipinski definition) is 2. The maximum absolute atomic E-state index is 11.4. The lowest BCUT2D eigenvalue weighted by Gasteiger charge is -2.32. The summed E-state index contributed by atoms with van der Waals surface area (Å²) < 4.78 is 0. The number of amidine groups is 1. The number of carboxylic acid groups (broad SMARTS) is 1. The number of allylic oxidation sites excluding steroid dienone is 1. The monoisotopic (exact) mass is 344 g/mol. The van der Waals surface area contributed by atoms with Crippen molar-refractivity contribution in [1.29, 1.82) is 0 Å². The molecule has 26 heavy (non-hydrogen) atoms. The molecule has 0 amide bonds. The quantitative estimate of drug-likeness (QED) is 0.874. The zero-order valence-electron chi connectivity index (χ0n) is 13.4. The summed E-state index contributed by atoms with van der Waals surface area (Å²) in [5, 5.41) is 20.4. The predicted molar refractivity (Wildman–Crippen MR) is 96.6 cm³/mol. The predicted octanol–water partition coefficient (Wildman–Crippen LogP) is 2.37. The summed E-state index contributed by atoms with van der Waals surface area (Å²) in [7, 11) is 0. The third kappa shape index (κ3) is 1.86. The molecular formula is C19H12N4O3. The van der Waals surface area contributed by atoms with Crippen LogP contribution in [0.4, 0.5) is 5.69 Å². The van der Waals surface area contributed by atoms with Crippen LogP contribution in [-0.4, -0.2) is 39.1 Å². The summed E-state index contributed by atoms with van der Waals surface area (Å²) in [6.07, 6.45) is 3.50. The number of aliphatic hydroxyl groups is 1. The van der Waals surface area contributed by atoms with Gasteiger partial charge in [0.05, 0.1) is 16.9 Å². The van der Waals surface area contributed by atoms with Crippen LogP contribution in [0.3, 0.4) is 0 Å². The smallest absolute Gasteiger partial charge is 0.335 e. The van der Waals surface area contributed by atoms with Gasteiger partial charge in [-0.3, -0.25) is 4.90 Å². The minimum absolute atomic E-state index is 0.134. The van der Waals surface area contributed by atoms with Crippen LogP contribution in [0.25, 0.3) is 5.70 Å². The number of carboxylic acids is 1. The Morgan fingerprint density at radius 3 is 2.62 bits per heavy atom. The molecule has 0 saturated heterocycles. The van der Waals surface area contributed by atoms with Crippen molar-refractivity contribution in [3.05, 3.63) is 71.3 Å². The fourth-order valence-electron chi connectivity index (χ4n) is 3.33. The molecule has 3 heterocycles. The van der Waals surface area contributed by atoms with Crippen molar-refractivity contribution in [2.45, 2.75) is 5.72 Å². The number of guanidine groups is 1. The first-order valence-electron chi connectivity index (χ1n) is 7.97. The van der Waals surface area contributed by atoms with Gasteiger partial charge in [-0.25, -0.2) is 19.8 Å². The highest BCUT2D eigenvalue weighted by Crippen LogP contribution is 2.44. The largest absolute Gasteiger partial charge is 0.478 e. The van der Waals surface area contributed by atoms with Crippen LogP contribution in [0.2, 0.25) is 0 Å². The number of aromatic carboxylic acids is 1. The number of aliphatic imine (C=N–C) groups is 3. The van der Waals surface area contributed by atoms with E-state index < -0.39 is 11.7 Å². The number of fused-ring (bicyclic) bond motifs is 2. The Hall–Kier alpha value is -3.58. The lowest BCUT2D eigenvalue weighted by atomic mass is 9.98. The van der Waals surface area contributed by atoms with Gasteiger partial charge in [0.2, 0.25) is 11.7 Å². The summed E-state index contributed by atoms with van der Waals surface area (Å²) in [5.41, 5.74) is 1.34. The molecule has 0 radical (unpaired) electrons. The van der Waals surface area contributed by atoms with Crippen molar-refractivity contribution in [3.8, 4) is 0 Å². The highest BCUT2D eigenvalue weighted by Gasteiger charge is 2.50. The first-order valence-corrected chi connectivity index (χ1v) is 7.97. The van der Waals surface area contributed by atoms with Gasteiger partial charge in [0.25, 0.3) is 0 Å². The minimum Gasteiger partial charge on any atom is -0.478 e. The average Bonchev–Trinajstić information content (AvgIpc) is 2.96. The van der Waals surface area contributed by atoms with E-state index in [1.165, 1.54) is 12.1 Å². The summed E-state index contributed by atoms with van der Waals surface area (Å²) >= 11 is 0. The third-order valence-electron chi connectivity index (χ3n) is 4.59. The molecule has 0 aromatic heterocycles. The fraction of sp³-hybridized carbons (Fsp3) is 0.0526. The highest BCUT2D eigenvalue weighted by molar-refractivity contribution is 6.22. The van der Waals surface area contributed by atoms with E-state index in [0.29, 0.717) is 17.4 Å². The molecule has 2 aromatic rings. The maximum atomic E-state index is 11.4. The van der Waals surface area contributed by atoms with Gasteiger partial charge >= 0.3 is 5.97 Å². The maximum Gasteiger partial charge on any atom is 0.335 e. The van der Waals surface area contributed by atoms with Crippen LogP contribution in [-0.2, 0) is 5.72 Å². The Morgan fingerprint density at radius 2 is 1.85 bits per heavy atom. The molecule has 0 saturated carbocycles. The Labute approximate surface area is 148 Å². The number of para-hydroxylation sites is 1. The summed E-state index contributed by atoms with van der Waals surface area (Å²) in [4.78, 5) is 26.1. The fourth-order valence-corrected chi connectivity index (χ4v) is 3.33. The lowest BCUT2D eigenvalue weighted by Crippen LogP contribution is -2.42. The molecule has 2 aromatic carbocycles. The van der Waals surface area contributed by atoms with Gasteiger partial charge in [0.1, 0.15) is 0 Å². The molecule has 2 N–H and O–H groups in total. The second-order valence-corrected chi connectivity index (χ2v) is 6.08. The lowest BCUT2D eigenvalue weighted by molar-refractivity contribution is 0.0696. The number of hydrogen-bond acceptors (Lipinski definition) is 6. The second-order valence-electron chi connectivity index (χ2n) is 6.08. The number of nitrogens with zero attached hydrogens (tertiary/aromatic N) is 4. The third-order valence-corrected chi connectivity index (χ3v) is 4.59. The molecule has 0 bridgehead atoms. The molecule has 5 rings (SSSR count). The topological polar surface area (TPSA) is 97.8 Å².